The van der Waals surface area contributed by atoms with E-state index in [0.29, 0.717) is 6.26 Å². The number of nitrogens with zero attached hydrogens (tertiary/aromatic N) is 1. The molecule has 0 saturated heterocycles. The van der Waals surface area contributed by atoms with E-state index in [2.05, 4.69) is 0 Å². The fourth-order valence-corrected chi connectivity index (χ4v) is 3.02. The van der Waals surface area contributed by atoms with Crippen molar-refractivity contribution in [3.8, 4) is 5.69 Å². The van der Waals surface area contributed by atoms with Crippen LogP contribution in [0.4, 0.5) is 30.7 Å². The normalized spacial score (nSPS) is 13.0. The summed E-state index contributed by atoms with van der Waals surface area (Å²) in [5.41, 5.74) is -8.49. The Morgan fingerprint density at radius 3 is 1.93 bits per heavy atom. The molecule has 0 amide bonds. The minimum atomic E-state index is -5.30. The lowest BCUT2D eigenvalue weighted by molar-refractivity contribution is -0.142. The maximum absolute atomic E-state index is 14.1. The first-order valence-electron chi connectivity index (χ1n) is 6.58. The SMILES string of the molecule is CS(=O)(=O)c1cc(-n2c(=O)cc(C(F)(F)F)[nH]c2=O)c(F)cc1C(F)(F)F. The third kappa shape index (κ3) is 4.04. The van der Waals surface area contributed by atoms with E-state index in [9.17, 15) is 48.7 Å². The van der Waals surface area contributed by atoms with E-state index < -0.39 is 61.1 Å². The van der Waals surface area contributed by atoms with Gasteiger partial charge in [-0.2, -0.15) is 26.3 Å². The molecule has 0 bridgehead atoms. The highest BCUT2D eigenvalue weighted by molar-refractivity contribution is 7.90. The van der Waals surface area contributed by atoms with Gasteiger partial charge >= 0.3 is 18.0 Å². The molecule has 14 heteroatoms. The van der Waals surface area contributed by atoms with Gasteiger partial charge in [0.25, 0.3) is 5.56 Å². The van der Waals surface area contributed by atoms with Crippen LogP contribution in [0.15, 0.2) is 32.7 Å². The molecule has 0 aliphatic heterocycles. The Morgan fingerprint density at radius 1 is 0.963 bits per heavy atom. The van der Waals surface area contributed by atoms with E-state index in [-0.39, 0.29) is 22.8 Å². The van der Waals surface area contributed by atoms with Crippen molar-refractivity contribution in [2.45, 2.75) is 17.2 Å². The maximum atomic E-state index is 14.1. The number of aromatic nitrogens is 2. The van der Waals surface area contributed by atoms with Crippen LogP contribution < -0.4 is 11.2 Å². The minimum absolute atomic E-state index is 0.0530. The molecular weight excluding hydrogens is 413 g/mol. The molecule has 0 unspecified atom stereocenters. The molecule has 6 nitrogen and oxygen atoms in total. The largest absolute Gasteiger partial charge is 0.431 e. The van der Waals surface area contributed by atoms with Gasteiger partial charge in [0, 0.05) is 12.3 Å². The average Bonchev–Trinajstić information content (AvgIpc) is 2.44. The van der Waals surface area contributed by atoms with E-state index in [0.717, 1.165) is 0 Å². The standard InChI is InChI=1S/C13H7F7N2O4S/c1-27(25,26)8-3-7(6(14)2-5(8)12(15,16)17)22-10(23)4-9(13(18,19)20)21-11(22)24/h2-4H,1H3,(H,21,24). The minimum Gasteiger partial charge on any atom is -0.303 e. The molecule has 1 aromatic carbocycles. The van der Waals surface area contributed by atoms with Crippen molar-refractivity contribution >= 4 is 9.84 Å². The van der Waals surface area contributed by atoms with Crippen molar-refractivity contribution in [1.82, 2.24) is 9.55 Å². The van der Waals surface area contributed by atoms with Crippen molar-refractivity contribution in [3.63, 3.8) is 0 Å². The fourth-order valence-electron chi connectivity index (χ4n) is 2.12. The zero-order valence-corrected chi connectivity index (χ0v) is 13.7. The summed E-state index contributed by atoms with van der Waals surface area (Å²) in [5, 5.41) is 0. The van der Waals surface area contributed by atoms with Crippen LogP contribution in [0.25, 0.3) is 5.69 Å². The van der Waals surface area contributed by atoms with Crippen LogP contribution in [0, 0.1) is 5.82 Å². The highest BCUT2D eigenvalue weighted by Gasteiger charge is 2.38. The van der Waals surface area contributed by atoms with Gasteiger partial charge in [-0.25, -0.2) is 22.2 Å². The van der Waals surface area contributed by atoms with Gasteiger partial charge in [0.1, 0.15) is 11.5 Å². The predicted octanol–water partition coefficient (Wildman–Crippen LogP) is 2.11. The third-order valence-electron chi connectivity index (χ3n) is 3.23. The summed E-state index contributed by atoms with van der Waals surface area (Å²) < 4.78 is 114. The first-order valence-corrected chi connectivity index (χ1v) is 8.47. The quantitative estimate of drug-likeness (QED) is 0.596. The monoisotopic (exact) mass is 420 g/mol. The van der Waals surface area contributed by atoms with Crippen molar-refractivity contribution in [1.29, 1.82) is 0 Å². The van der Waals surface area contributed by atoms with E-state index in [4.69, 9.17) is 0 Å². The van der Waals surface area contributed by atoms with Crippen LogP contribution in [0.2, 0.25) is 0 Å². The number of H-pyrrole nitrogens is 1. The van der Waals surface area contributed by atoms with Crippen LogP contribution in [0.5, 0.6) is 0 Å². The molecule has 2 rings (SSSR count). The van der Waals surface area contributed by atoms with Crippen molar-refractivity contribution in [2.24, 2.45) is 0 Å². The van der Waals surface area contributed by atoms with Gasteiger partial charge in [0.05, 0.1) is 16.1 Å². The highest BCUT2D eigenvalue weighted by atomic mass is 32.2. The van der Waals surface area contributed by atoms with Gasteiger partial charge in [-0.05, 0) is 12.1 Å². The van der Waals surface area contributed by atoms with Crippen LogP contribution in [-0.2, 0) is 22.2 Å². The number of benzene rings is 1. The third-order valence-corrected chi connectivity index (χ3v) is 4.37. The Kier molecular flexibility index (Phi) is 4.76. The Morgan fingerprint density at radius 2 is 1.52 bits per heavy atom. The summed E-state index contributed by atoms with van der Waals surface area (Å²) in [6.07, 6.45) is -10.1. The second-order valence-electron chi connectivity index (χ2n) is 5.23. The number of nitrogens with one attached hydrogen (secondary N) is 1. The van der Waals surface area contributed by atoms with Gasteiger partial charge in [0.2, 0.25) is 0 Å². The van der Waals surface area contributed by atoms with E-state index >= 15 is 0 Å². The predicted molar refractivity (Wildman–Crippen MR) is 75.7 cm³/mol. The number of alkyl halides is 6. The van der Waals surface area contributed by atoms with Gasteiger partial charge in [-0.1, -0.05) is 0 Å². The topological polar surface area (TPSA) is 89.0 Å². The van der Waals surface area contributed by atoms with Crippen molar-refractivity contribution < 1.29 is 39.2 Å². The van der Waals surface area contributed by atoms with Gasteiger partial charge in [-0.3, -0.25) is 4.79 Å². The van der Waals surface area contributed by atoms with Crippen LogP contribution >= 0.6 is 0 Å². The lowest BCUT2D eigenvalue weighted by Crippen LogP contribution is -2.36. The Bertz CT molecular complexity index is 1100. The van der Waals surface area contributed by atoms with Gasteiger partial charge in [-0.15, -0.1) is 0 Å². The highest BCUT2D eigenvalue weighted by Crippen LogP contribution is 2.36. The van der Waals surface area contributed by atoms with Crippen molar-refractivity contribution in [3.05, 3.63) is 56.1 Å². The van der Waals surface area contributed by atoms with Crippen LogP contribution in [-0.4, -0.2) is 24.2 Å². The van der Waals surface area contributed by atoms with Crippen LogP contribution in [0.3, 0.4) is 0 Å². The zero-order chi connectivity index (χ0) is 20.9. The molecule has 0 atom stereocenters. The lowest BCUT2D eigenvalue weighted by atomic mass is 10.2. The number of rotatable bonds is 2. The summed E-state index contributed by atoms with van der Waals surface area (Å²) in [6, 6.07) is -0.342. The molecule has 0 radical (unpaired) electrons. The molecule has 2 aromatic rings. The molecule has 0 fully saturated rings. The molecule has 1 N–H and O–H groups in total. The second-order valence-corrected chi connectivity index (χ2v) is 7.21. The second kappa shape index (κ2) is 6.21. The molecule has 0 aliphatic rings. The smallest absolute Gasteiger partial charge is 0.303 e. The number of hydrogen-bond donors (Lipinski definition) is 1. The molecule has 0 spiro atoms. The molecule has 1 aromatic heterocycles. The number of aromatic amines is 1. The number of sulfone groups is 1. The molecule has 27 heavy (non-hydrogen) atoms. The summed E-state index contributed by atoms with van der Waals surface area (Å²) in [5.74, 6) is -1.85. The average molecular weight is 420 g/mol. The fraction of sp³-hybridized carbons (Fsp3) is 0.231. The lowest BCUT2D eigenvalue weighted by Gasteiger charge is -2.15. The van der Waals surface area contributed by atoms with Gasteiger partial charge < -0.3 is 4.98 Å². The molecule has 148 valence electrons. The van der Waals surface area contributed by atoms with E-state index in [1.165, 1.54) is 4.98 Å². The molecule has 1 heterocycles. The summed E-state index contributed by atoms with van der Waals surface area (Å²) in [7, 11) is -4.62. The summed E-state index contributed by atoms with van der Waals surface area (Å²) in [6.45, 7) is 0. The number of halogens is 7. The first kappa shape index (κ1) is 20.7. The molecule has 0 aliphatic carbocycles. The van der Waals surface area contributed by atoms with Crippen molar-refractivity contribution in [2.75, 3.05) is 6.26 Å². The maximum Gasteiger partial charge on any atom is 0.431 e. The van der Waals surface area contributed by atoms with E-state index in [1.54, 1.807) is 0 Å². The summed E-state index contributed by atoms with van der Waals surface area (Å²) in [4.78, 5) is 23.3. The first-order chi connectivity index (χ1) is 12.0. The summed E-state index contributed by atoms with van der Waals surface area (Å²) >= 11 is 0. The van der Waals surface area contributed by atoms with Crippen LogP contribution in [0.1, 0.15) is 11.3 Å². The van der Waals surface area contributed by atoms with E-state index in [1.807, 2.05) is 0 Å². The Hall–Kier alpha value is -2.64. The number of hydrogen-bond acceptors (Lipinski definition) is 4. The molecular formula is C13H7F7N2O4S. The van der Waals surface area contributed by atoms with Gasteiger partial charge in [0.15, 0.2) is 9.84 Å². The Labute approximate surface area is 144 Å². The molecule has 0 saturated carbocycles. The Balaban J connectivity index is 2.90. The zero-order valence-electron chi connectivity index (χ0n) is 12.9.